The number of nitrogens with two attached hydrogens (primary N) is 1. The van der Waals surface area contributed by atoms with Gasteiger partial charge in [-0.3, -0.25) is 4.99 Å². The Morgan fingerprint density at radius 3 is 2.40 bits per heavy atom. The Kier molecular flexibility index (Phi) is 7.17. The molecule has 0 atom stereocenters. The highest BCUT2D eigenvalue weighted by Crippen LogP contribution is 2.29. The summed E-state index contributed by atoms with van der Waals surface area (Å²) in [5, 5.41) is 3.05. The highest BCUT2D eigenvalue weighted by molar-refractivity contribution is 7.89. The maximum atomic E-state index is 12.7. The van der Waals surface area contributed by atoms with Crippen LogP contribution in [0.5, 0.6) is 11.5 Å². The average Bonchev–Trinajstić information content (AvgIpc) is 2.78. The first kappa shape index (κ1) is 21.9. The summed E-state index contributed by atoms with van der Waals surface area (Å²) >= 11 is 0. The average molecular weight is 433 g/mol. The number of piperidine rings is 1. The number of rotatable bonds is 7. The Labute approximate surface area is 177 Å². The minimum atomic E-state index is -3.43. The molecule has 2 aromatic rings. The topological polar surface area (TPSA) is 106 Å². The van der Waals surface area contributed by atoms with Crippen molar-refractivity contribution in [3.63, 3.8) is 0 Å². The third-order valence-corrected chi connectivity index (χ3v) is 7.04. The Balaban J connectivity index is 1.53. The number of guanidine groups is 1. The molecule has 1 aliphatic heterocycles. The summed E-state index contributed by atoms with van der Waals surface area (Å²) in [6.07, 6.45) is 1.50. The highest BCUT2D eigenvalue weighted by atomic mass is 32.2. The number of methoxy groups -OCH3 is 2. The molecule has 0 bridgehead atoms. The van der Waals surface area contributed by atoms with E-state index in [1.807, 2.05) is 12.1 Å². The van der Waals surface area contributed by atoms with Crippen molar-refractivity contribution in [2.45, 2.75) is 17.7 Å². The number of hydrogen-bond acceptors (Lipinski definition) is 5. The molecule has 0 amide bonds. The van der Waals surface area contributed by atoms with E-state index in [1.165, 1.54) is 0 Å². The van der Waals surface area contributed by atoms with Gasteiger partial charge in [0.25, 0.3) is 0 Å². The fraction of sp³-hybridized carbons (Fsp3) is 0.381. The monoisotopic (exact) mass is 432 g/mol. The van der Waals surface area contributed by atoms with Crippen LogP contribution in [0.25, 0.3) is 0 Å². The van der Waals surface area contributed by atoms with Gasteiger partial charge in [0.2, 0.25) is 10.0 Å². The molecule has 1 heterocycles. The lowest BCUT2D eigenvalue weighted by Crippen LogP contribution is -2.39. The van der Waals surface area contributed by atoms with Crippen LogP contribution in [0, 0.1) is 5.92 Å². The number of hydrogen-bond donors (Lipinski definition) is 2. The van der Waals surface area contributed by atoms with E-state index in [4.69, 9.17) is 15.2 Å². The first-order valence-corrected chi connectivity index (χ1v) is 11.2. The van der Waals surface area contributed by atoms with Gasteiger partial charge >= 0.3 is 0 Å². The number of aliphatic imine (C=N–C) groups is 1. The first-order chi connectivity index (χ1) is 14.4. The minimum Gasteiger partial charge on any atom is -0.493 e. The third-order valence-electron chi connectivity index (χ3n) is 5.13. The van der Waals surface area contributed by atoms with Gasteiger partial charge in [-0.1, -0.05) is 18.2 Å². The Morgan fingerprint density at radius 2 is 1.77 bits per heavy atom. The summed E-state index contributed by atoms with van der Waals surface area (Å²) in [5.41, 5.74) is 6.77. The fourth-order valence-corrected chi connectivity index (χ4v) is 4.89. The van der Waals surface area contributed by atoms with Gasteiger partial charge in [-0.15, -0.1) is 0 Å². The van der Waals surface area contributed by atoms with Crippen molar-refractivity contribution in [2.24, 2.45) is 16.6 Å². The first-order valence-electron chi connectivity index (χ1n) is 9.78. The van der Waals surface area contributed by atoms with E-state index in [1.54, 1.807) is 54.9 Å². The van der Waals surface area contributed by atoms with E-state index in [-0.39, 0.29) is 5.92 Å². The summed E-state index contributed by atoms with van der Waals surface area (Å²) in [6.45, 7) is 1.52. The van der Waals surface area contributed by atoms with Gasteiger partial charge < -0.3 is 20.5 Å². The molecule has 3 rings (SSSR count). The van der Waals surface area contributed by atoms with E-state index in [2.05, 4.69) is 10.3 Å². The van der Waals surface area contributed by atoms with Crippen molar-refractivity contribution in [1.29, 1.82) is 0 Å². The molecule has 0 unspecified atom stereocenters. The fourth-order valence-electron chi connectivity index (χ4n) is 3.40. The summed E-state index contributed by atoms with van der Waals surface area (Å²) < 4.78 is 37.5. The van der Waals surface area contributed by atoms with Gasteiger partial charge in [-0.05, 0) is 43.0 Å². The number of nitrogens with one attached hydrogen (secondary N) is 1. The van der Waals surface area contributed by atoms with Crippen molar-refractivity contribution in [1.82, 2.24) is 4.31 Å². The Hall–Kier alpha value is -2.78. The molecule has 9 heteroatoms. The zero-order chi connectivity index (χ0) is 21.6. The molecule has 1 aliphatic rings. The zero-order valence-electron chi connectivity index (χ0n) is 17.2. The van der Waals surface area contributed by atoms with E-state index in [0.717, 1.165) is 18.5 Å². The van der Waals surface area contributed by atoms with Crippen molar-refractivity contribution >= 4 is 21.7 Å². The number of sulfonamides is 1. The van der Waals surface area contributed by atoms with Crippen molar-refractivity contribution < 1.29 is 17.9 Å². The van der Waals surface area contributed by atoms with E-state index in [9.17, 15) is 8.42 Å². The minimum absolute atomic E-state index is 0.290. The SMILES string of the molecule is COc1ccc(NC(N)=NCC2CCN(S(=O)(=O)c3ccccc3)CC2)cc1OC. The Bertz CT molecular complexity index is 972. The predicted molar refractivity (Wildman–Crippen MR) is 118 cm³/mol. The van der Waals surface area contributed by atoms with Crippen LogP contribution in [0.1, 0.15) is 12.8 Å². The zero-order valence-corrected chi connectivity index (χ0v) is 18.1. The van der Waals surface area contributed by atoms with E-state index in [0.29, 0.717) is 42.0 Å². The lowest BCUT2D eigenvalue weighted by atomic mass is 9.98. The van der Waals surface area contributed by atoms with Gasteiger partial charge in [0.05, 0.1) is 19.1 Å². The van der Waals surface area contributed by atoms with Crippen LogP contribution in [-0.4, -0.2) is 52.5 Å². The standard InChI is InChI=1S/C21H28N4O4S/c1-28-19-9-8-17(14-20(19)29-2)24-21(22)23-15-16-10-12-25(13-11-16)30(26,27)18-6-4-3-5-7-18/h3-9,14,16H,10-13,15H2,1-2H3,(H3,22,23,24). The van der Waals surface area contributed by atoms with Crippen molar-refractivity contribution in [2.75, 3.05) is 39.2 Å². The molecule has 3 N–H and O–H groups in total. The molecule has 162 valence electrons. The van der Waals surface area contributed by atoms with E-state index >= 15 is 0 Å². The quantitative estimate of drug-likeness (QED) is 0.514. The molecular weight excluding hydrogens is 404 g/mol. The lowest BCUT2D eigenvalue weighted by Gasteiger charge is -2.30. The molecule has 0 radical (unpaired) electrons. The summed E-state index contributed by atoms with van der Waals surface area (Å²) in [7, 11) is -0.278. The van der Waals surface area contributed by atoms with Crippen LogP contribution >= 0.6 is 0 Å². The van der Waals surface area contributed by atoms with Crippen molar-refractivity contribution in [3.05, 3.63) is 48.5 Å². The molecule has 0 aliphatic carbocycles. The van der Waals surface area contributed by atoms with Gasteiger partial charge in [0.1, 0.15) is 0 Å². The van der Waals surface area contributed by atoms with Gasteiger partial charge in [0.15, 0.2) is 17.5 Å². The predicted octanol–water partition coefficient (Wildman–Crippen LogP) is 2.53. The number of anilines is 1. The van der Waals surface area contributed by atoms with E-state index < -0.39 is 10.0 Å². The number of nitrogens with zero attached hydrogens (tertiary/aromatic N) is 2. The summed E-state index contributed by atoms with van der Waals surface area (Å²) in [5.74, 6) is 1.83. The lowest BCUT2D eigenvalue weighted by molar-refractivity contribution is 0.279. The summed E-state index contributed by atoms with van der Waals surface area (Å²) in [6, 6.07) is 14.0. The molecule has 2 aromatic carbocycles. The molecule has 1 saturated heterocycles. The second-order valence-electron chi connectivity index (χ2n) is 7.08. The summed E-state index contributed by atoms with van der Waals surface area (Å²) in [4.78, 5) is 4.77. The largest absolute Gasteiger partial charge is 0.493 e. The van der Waals surface area contributed by atoms with Crippen LogP contribution in [-0.2, 0) is 10.0 Å². The van der Waals surface area contributed by atoms with Crippen molar-refractivity contribution in [3.8, 4) is 11.5 Å². The second kappa shape index (κ2) is 9.82. The van der Waals surface area contributed by atoms with Gasteiger partial charge in [-0.25, -0.2) is 8.42 Å². The molecule has 30 heavy (non-hydrogen) atoms. The van der Waals surface area contributed by atoms with Crippen LogP contribution in [0.3, 0.4) is 0 Å². The second-order valence-corrected chi connectivity index (χ2v) is 9.02. The normalized spacial score (nSPS) is 16.3. The molecule has 0 saturated carbocycles. The molecule has 8 nitrogen and oxygen atoms in total. The highest BCUT2D eigenvalue weighted by Gasteiger charge is 2.29. The molecule has 0 spiro atoms. The maximum Gasteiger partial charge on any atom is 0.243 e. The van der Waals surface area contributed by atoms with Crippen LogP contribution in [0.2, 0.25) is 0 Å². The molecule has 1 fully saturated rings. The maximum absolute atomic E-state index is 12.7. The molecular formula is C21H28N4O4S. The third kappa shape index (κ3) is 5.22. The van der Waals surface area contributed by atoms with Gasteiger partial charge in [0, 0.05) is 31.4 Å². The van der Waals surface area contributed by atoms with Crippen LogP contribution < -0.4 is 20.5 Å². The molecule has 0 aromatic heterocycles. The number of ether oxygens (including phenoxy) is 2. The number of benzene rings is 2. The van der Waals surface area contributed by atoms with Crippen LogP contribution in [0.4, 0.5) is 5.69 Å². The smallest absolute Gasteiger partial charge is 0.243 e. The Morgan fingerprint density at radius 1 is 1.10 bits per heavy atom. The van der Waals surface area contributed by atoms with Gasteiger partial charge in [-0.2, -0.15) is 4.31 Å². The van der Waals surface area contributed by atoms with Crippen LogP contribution in [0.15, 0.2) is 58.4 Å².